The molecule has 1 aromatic rings. The zero-order valence-corrected chi connectivity index (χ0v) is 8.67. The second kappa shape index (κ2) is 3.49. The molecule has 1 heterocycles. The first-order chi connectivity index (χ1) is 6.77. The molecule has 0 atom stereocenters. The summed E-state index contributed by atoms with van der Waals surface area (Å²) < 4.78 is 8.70. The maximum atomic E-state index is 5.93. The number of hydrogen-bond donors (Lipinski definition) is 1. The fraction of sp³-hybridized carbons (Fsp3) is 0.444. The van der Waals surface area contributed by atoms with Gasteiger partial charge in [-0.2, -0.15) is 4.36 Å². The van der Waals surface area contributed by atoms with Crippen LogP contribution >= 0.6 is 0 Å². The Balaban J connectivity index is 2.50. The molecule has 4 nitrogen and oxygen atoms in total. The summed E-state index contributed by atoms with van der Waals surface area (Å²) in [5.74, 6) is 0.950. The van der Waals surface area contributed by atoms with Crippen molar-refractivity contribution in [1.82, 2.24) is 4.98 Å². The summed E-state index contributed by atoms with van der Waals surface area (Å²) in [5.41, 5.74) is 8.09. The van der Waals surface area contributed by atoms with E-state index in [1.165, 1.54) is 20.0 Å². The van der Waals surface area contributed by atoms with Crippen LogP contribution in [0, 0.1) is 0 Å². The Bertz CT molecular complexity index is 377. The molecule has 5 heteroatoms. The van der Waals surface area contributed by atoms with Gasteiger partial charge in [0.1, 0.15) is 0 Å². The highest BCUT2D eigenvalue weighted by molar-refractivity contribution is 7.47. The van der Waals surface area contributed by atoms with Gasteiger partial charge in [0, 0.05) is 18.6 Å². The molecule has 1 fully saturated rings. The van der Waals surface area contributed by atoms with Gasteiger partial charge in [0.25, 0.3) is 0 Å². The van der Waals surface area contributed by atoms with E-state index in [0.29, 0.717) is 23.2 Å². The van der Waals surface area contributed by atoms with Crippen molar-refractivity contribution in [2.75, 3.05) is 12.8 Å². The van der Waals surface area contributed by atoms with Crippen molar-refractivity contribution in [2.24, 2.45) is 4.36 Å². The number of nitrogens with two attached hydrogens (primary N) is 1. The molecule has 14 heavy (non-hydrogen) atoms. The Hall–Kier alpha value is -1.23. The number of methoxy groups -OCH3 is 1. The molecular weight excluding hydrogens is 198 g/mol. The van der Waals surface area contributed by atoms with Crippen LogP contribution in [0.1, 0.15) is 24.3 Å². The summed E-state index contributed by atoms with van der Waals surface area (Å²) >= 11 is 4.65. The van der Waals surface area contributed by atoms with Crippen LogP contribution in [0.5, 0.6) is 5.88 Å². The van der Waals surface area contributed by atoms with Crippen LogP contribution in [0.2, 0.25) is 0 Å². The highest BCUT2D eigenvalue weighted by Crippen LogP contribution is 2.46. The fourth-order valence-electron chi connectivity index (χ4n) is 1.47. The predicted octanol–water partition coefficient (Wildman–Crippen LogP) is 1.91. The zero-order chi connectivity index (χ0) is 10.1. The number of nitrogen functional groups attached to an aromatic ring is 1. The number of nitrogens with zero attached hydrogens (tertiary/aromatic N) is 2. The lowest BCUT2D eigenvalue weighted by atomic mass is 10.1. The molecule has 0 amide bonds. The van der Waals surface area contributed by atoms with Gasteiger partial charge >= 0.3 is 0 Å². The van der Waals surface area contributed by atoms with Gasteiger partial charge in [0.05, 0.1) is 12.8 Å². The van der Waals surface area contributed by atoms with E-state index in [2.05, 4.69) is 21.8 Å². The van der Waals surface area contributed by atoms with Gasteiger partial charge in [0.2, 0.25) is 5.88 Å². The lowest BCUT2D eigenvalue weighted by Crippen LogP contribution is -1.97. The average molecular weight is 209 g/mol. The van der Waals surface area contributed by atoms with E-state index in [9.17, 15) is 0 Å². The first-order valence-corrected chi connectivity index (χ1v) is 4.80. The Morgan fingerprint density at radius 2 is 2.36 bits per heavy atom. The number of ether oxygens (including phenoxy) is 1. The van der Waals surface area contributed by atoms with E-state index in [1.54, 1.807) is 6.20 Å². The number of anilines is 1. The summed E-state index contributed by atoms with van der Waals surface area (Å²) in [5, 5.41) is 0. The van der Waals surface area contributed by atoms with Crippen molar-refractivity contribution in [3.8, 4) is 5.88 Å². The van der Waals surface area contributed by atoms with Crippen molar-refractivity contribution in [1.29, 1.82) is 0 Å². The van der Waals surface area contributed by atoms with Crippen molar-refractivity contribution in [2.45, 2.75) is 18.8 Å². The minimum atomic E-state index is 0.405. The summed E-state index contributed by atoms with van der Waals surface area (Å²) in [7, 11) is 1.53. The first-order valence-electron chi connectivity index (χ1n) is 4.43. The number of hydrogen-bond acceptors (Lipinski definition) is 5. The Labute approximate surface area is 87.6 Å². The first kappa shape index (κ1) is 9.33. The van der Waals surface area contributed by atoms with Gasteiger partial charge < -0.3 is 10.5 Å². The SMILES string of the molecule is COc1ncc(C2CC2)c(N)c1N=S. The highest BCUT2D eigenvalue weighted by Gasteiger charge is 2.28. The van der Waals surface area contributed by atoms with Crippen molar-refractivity contribution in [3.63, 3.8) is 0 Å². The largest absolute Gasteiger partial charge is 0.479 e. The van der Waals surface area contributed by atoms with Gasteiger partial charge in [-0.25, -0.2) is 4.98 Å². The second-order valence-electron chi connectivity index (χ2n) is 3.35. The lowest BCUT2D eigenvalue weighted by molar-refractivity contribution is 0.399. The minimum absolute atomic E-state index is 0.405. The molecule has 0 aliphatic heterocycles. The van der Waals surface area contributed by atoms with Crippen molar-refractivity contribution in [3.05, 3.63) is 11.8 Å². The summed E-state index contributed by atoms with van der Waals surface area (Å²) in [6.45, 7) is 0. The normalized spacial score (nSPS) is 15.2. The van der Waals surface area contributed by atoms with Crippen LogP contribution in [0.4, 0.5) is 11.4 Å². The van der Waals surface area contributed by atoms with Gasteiger partial charge in [-0.1, -0.05) is 0 Å². The zero-order valence-electron chi connectivity index (χ0n) is 7.86. The molecule has 1 saturated carbocycles. The topological polar surface area (TPSA) is 60.5 Å². The van der Waals surface area contributed by atoms with Gasteiger partial charge in [0.15, 0.2) is 5.69 Å². The maximum absolute atomic E-state index is 5.93. The lowest BCUT2D eigenvalue weighted by Gasteiger charge is -2.08. The quantitative estimate of drug-likeness (QED) is 0.826. The summed E-state index contributed by atoms with van der Waals surface area (Å²) in [6.07, 6.45) is 4.11. The minimum Gasteiger partial charge on any atom is -0.479 e. The monoisotopic (exact) mass is 209 g/mol. The molecule has 0 bridgehead atoms. The van der Waals surface area contributed by atoms with Gasteiger partial charge in [-0.3, -0.25) is 0 Å². The molecule has 74 valence electrons. The predicted molar refractivity (Wildman–Crippen MR) is 56.6 cm³/mol. The van der Waals surface area contributed by atoms with Crippen LogP contribution in [-0.2, 0) is 12.4 Å². The van der Waals surface area contributed by atoms with Gasteiger partial charge in [-0.05, 0) is 24.3 Å². The summed E-state index contributed by atoms with van der Waals surface area (Å²) in [6, 6.07) is 0. The molecule has 0 unspecified atom stereocenters. The molecule has 2 rings (SSSR count). The fourth-order valence-corrected chi connectivity index (χ4v) is 1.64. The number of aromatic nitrogens is 1. The van der Waals surface area contributed by atoms with E-state index >= 15 is 0 Å². The van der Waals surface area contributed by atoms with E-state index in [4.69, 9.17) is 10.5 Å². The van der Waals surface area contributed by atoms with Crippen LogP contribution in [0.15, 0.2) is 10.6 Å². The number of rotatable bonds is 3. The molecule has 2 N–H and O–H groups in total. The molecule has 1 aliphatic rings. The maximum Gasteiger partial charge on any atom is 0.242 e. The van der Waals surface area contributed by atoms with Crippen LogP contribution in [0.3, 0.4) is 0 Å². The summed E-state index contributed by atoms with van der Waals surface area (Å²) in [4.78, 5) is 4.13. The Kier molecular flexibility index (Phi) is 2.33. The van der Waals surface area contributed by atoms with Crippen molar-refractivity contribution < 1.29 is 4.74 Å². The van der Waals surface area contributed by atoms with Gasteiger partial charge in [-0.15, -0.1) is 0 Å². The highest BCUT2D eigenvalue weighted by atomic mass is 32.1. The average Bonchev–Trinajstić information content (AvgIpc) is 3.00. The Morgan fingerprint density at radius 3 is 2.86 bits per heavy atom. The molecule has 0 aromatic carbocycles. The molecule has 1 aromatic heterocycles. The van der Waals surface area contributed by atoms with E-state index in [-0.39, 0.29) is 0 Å². The Morgan fingerprint density at radius 1 is 1.64 bits per heavy atom. The molecular formula is C9H11N3OS. The van der Waals surface area contributed by atoms with E-state index in [1.807, 2.05) is 0 Å². The van der Waals surface area contributed by atoms with E-state index in [0.717, 1.165) is 5.56 Å². The molecule has 0 spiro atoms. The third kappa shape index (κ3) is 1.43. The van der Waals surface area contributed by atoms with Crippen LogP contribution < -0.4 is 10.5 Å². The smallest absolute Gasteiger partial charge is 0.242 e. The third-order valence-electron chi connectivity index (χ3n) is 2.39. The second-order valence-corrected chi connectivity index (χ2v) is 3.53. The third-order valence-corrected chi connectivity index (χ3v) is 2.57. The van der Waals surface area contributed by atoms with E-state index < -0.39 is 0 Å². The van der Waals surface area contributed by atoms with Crippen LogP contribution in [-0.4, -0.2) is 12.1 Å². The number of pyridine rings is 1. The molecule has 0 saturated heterocycles. The van der Waals surface area contributed by atoms with Crippen molar-refractivity contribution >= 4 is 23.8 Å². The van der Waals surface area contributed by atoms with Crippen LogP contribution in [0.25, 0.3) is 0 Å². The molecule has 1 aliphatic carbocycles. The molecule has 0 radical (unpaired) electrons. The standard InChI is InChI=1S/C9H11N3OS/c1-13-9-8(12-14)7(10)6(4-11-9)5-2-3-5/h4-5H,2-3H2,1H3,(H2,10,11).